The number of nitrogens with zero attached hydrogens (tertiary/aromatic N) is 2. The summed E-state index contributed by atoms with van der Waals surface area (Å²) in [6, 6.07) is 23.2. The molecule has 0 aliphatic carbocycles. The second kappa shape index (κ2) is 7.09. The highest BCUT2D eigenvalue weighted by Gasteiger charge is 2.13. The number of dihydropyridines is 1. The summed E-state index contributed by atoms with van der Waals surface area (Å²) in [5.74, 6) is 0.492. The summed E-state index contributed by atoms with van der Waals surface area (Å²) in [5, 5.41) is 0. The van der Waals surface area contributed by atoms with Crippen LogP contribution in [0.1, 0.15) is 18.2 Å². The summed E-state index contributed by atoms with van der Waals surface area (Å²) in [5.41, 5.74) is 7.66. The van der Waals surface area contributed by atoms with Gasteiger partial charge >= 0.3 is 0 Å². The van der Waals surface area contributed by atoms with Crippen molar-refractivity contribution in [3.05, 3.63) is 90.1 Å². The van der Waals surface area contributed by atoms with Gasteiger partial charge in [-0.2, -0.15) is 0 Å². The Bertz CT molecular complexity index is 984. The minimum absolute atomic E-state index is 0.492. The molecule has 1 aliphatic rings. The van der Waals surface area contributed by atoms with Gasteiger partial charge in [0.2, 0.25) is 0 Å². The zero-order valence-electron chi connectivity index (χ0n) is 15.2. The van der Waals surface area contributed by atoms with Crippen molar-refractivity contribution in [2.24, 2.45) is 10.9 Å². The van der Waals surface area contributed by atoms with E-state index in [0.29, 0.717) is 5.92 Å². The molecule has 1 unspecified atom stereocenters. The molecule has 0 saturated heterocycles. The molecule has 2 aromatic carbocycles. The quantitative estimate of drug-likeness (QED) is 0.599. The number of aromatic nitrogens is 1. The van der Waals surface area contributed by atoms with Crippen molar-refractivity contribution in [3.8, 4) is 22.4 Å². The molecule has 26 heavy (non-hydrogen) atoms. The molecular formula is C24H22N2. The maximum absolute atomic E-state index is 4.96. The Labute approximate surface area is 155 Å². The van der Waals surface area contributed by atoms with E-state index >= 15 is 0 Å². The summed E-state index contributed by atoms with van der Waals surface area (Å²) in [7, 11) is 0. The second-order valence-corrected chi connectivity index (χ2v) is 6.87. The molecule has 0 fully saturated rings. The van der Waals surface area contributed by atoms with Gasteiger partial charge in [0.1, 0.15) is 0 Å². The second-order valence-electron chi connectivity index (χ2n) is 6.87. The van der Waals surface area contributed by atoms with Crippen LogP contribution in [0.2, 0.25) is 0 Å². The fourth-order valence-corrected chi connectivity index (χ4v) is 3.24. The van der Waals surface area contributed by atoms with Gasteiger partial charge < -0.3 is 0 Å². The molecule has 0 spiro atoms. The molecule has 0 N–H and O–H groups in total. The molecule has 0 radical (unpaired) electrons. The van der Waals surface area contributed by atoms with Crippen LogP contribution in [0.15, 0.2) is 83.9 Å². The van der Waals surface area contributed by atoms with Crippen molar-refractivity contribution in [1.82, 2.24) is 4.98 Å². The third-order valence-corrected chi connectivity index (χ3v) is 4.75. The third kappa shape index (κ3) is 3.36. The number of pyridine rings is 1. The number of rotatable bonds is 3. The topological polar surface area (TPSA) is 25.2 Å². The van der Waals surface area contributed by atoms with Crippen molar-refractivity contribution < 1.29 is 0 Å². The van der Waals surface area contributed by atoms with E-state index in [-0.39, 0.29) is 0 Å². The average molecular weight is 338 g/mol. The maximum Gasteiger partial charge on any atom is 0.0895 e. The van der Waals surface area contributed by atoms with E-state index in [4.69, 9.17) is 9.98 Å². The molecule has 1 aliphatic heterocycles. The summed E-state index contributed by atoms with van der Waals surface area (Å²) < 4.78 is 0. The average Bonchev–Trinajstić information content (AvgIpc) is 2.69. The molecule has 2 nitrogen and oxygen atoms in total. The molecule has 1 aromatic heterocycles. The van der Waals surface area contributed by atoms with E-state index in [0.717, 1.165) is 23.6 Å². The number of allylic oxidation sites excluding steroid dienone is 1. The van der Waals surface area contributed by atoms with Crippen LogP contribution < -0.4 is 0 Å². The van der Waals surface area contributed by atoms with Crippen LogP contribution >= 0.6 is 0 Å². The van der Waals surface area contributed by atoms with Gasteiger partial charge in [-0.1, -0.05) is 67.6 Å². The van der Waals surface area contributed by atoms with Gasteiger partial charge in [0.15, 0.2) is 0 Å². The Morgan fingerprint density at radius 3 is 2.31 bits per heavy atom. The summed E-state index contributed by atoms with van der Waals surface area (Å²) in [6.07, 6.45) is 4.32. The standard InChI is InChI=1S/C24H22N2/c1-17-12-13-22(25-16-17)24-15-20(19-9-4-3-5-10-19)14-23(26-24)21-11-7-6-8-18(21)2/h3-15,17H,16H2,1-2H3. The lowest BCUT2D eigenvalue weighted by molar-refractivity contribution is 0.734. The zero-order chi connectivity index (χ0) is 17.9. The van der Waals surface area contributed by atoms with E-state index in [2.05, 4.69) is 86.7 Å². The van der Waals surface area contributed by atoms with Crippen LogP contribution in [0.3, 0.4) is 0 Å². The van der Waals surface area contributed by atoms with Crippen molar-refractivity contribution in [2.75, 3.05) is 6.54 Å². The molecule has 0 saturated carbocycles. The first kappa shape index (κ1) is 16.5. The Morgan fingerprint density at radius 2 is 1.58 bits per heavy atom. The summed E-state index contributed by atoms with van der Waals surface area (Å²) in [6.45, 7) is 5.14. The highest BCUT2D eigenvalue weighted by atomic mass is 14.8. The molecule has 0 amide bonds. The first-order valence-corrected chi connectivity index (χ1v) is 9.07. The van der Waals surface area contributed by atoms with Crippen LogP contribution in [0.4, 0.5) is 0 Å². The van der Waals surface area contributed by atoms with Crippen molar-refractivity contribution in [2.45, 2.75) is 13.8 Å². The van der Waals surface area contributed by atoms with Crippen LogP contribution in [0.25, 0.3) is 22.4 Å². The van der Waals surface area contributed by atoms with Gasteiger partial charge in [-0.15, -0.1) is 0 Å². The fraction of sp³-hybridized carbons (Fsp3) is 0.167. The Kier molecular flexibility index (Phi) is 4.49. The van der Waals surface area contributed by atoms with Crippen LogP contribution in [-0.2, 0) is 0 Å². The molecule has 128 valence electrons. The maximum atomic E-state index is 4.96. The first-order chi connectivity index (χ1) is 12.7. The summed E-state index contributed by atoms with van der Waals surface area (Å²) >= 11 is 0. The summed E-state index contributed by atoms with van der Waals surface area (Å²) in [4.78, 5) is 9.70. The van der Waals surface area contributed by atoms with Crippen LogP contribution in [-0.4, -0.2) is 17.2 Å². The molecule has 1 atom stereocenters. The monoisotopic (exact) mass is 338 g/mol. The molecule has 0 bridgehead atoms. The molecule has 3 aromatic rings. The number of aliphatic imine (C=N–C) groups is 1. The van der Waals surface area contributed by atoms with Crippen LogP contribution in [0, 0.1) is 12.8 Å². The number of hydrogen-bond acceptors (Lipinski definition) is 2. The van der Waals surface area contributed by atoms with Crippen molar-refractivity contribution in [3.63, 3.8) is 0 Å². The predicted molar refractivity (Wildman–Crippen MR) is 110 cm³/mol. The molecule has 4 rings (SSSR count). The lowest BCUT2D eigenvalue weighted by Crippen LogP contribution is -2.10. The Morgan fingerprint density at radius 1 is 0.846 bits per heavy atom. The van der Waals surface area contributed by atoms with Crippen molar-refractivity contribution in [1.29, 1.82) is 0 Å². The minimum Gasteiger partial charge on any atom is -0.283 e. The molecule has 2 heterocycles. The van der Waals surface area contributed by atoms with Gasteiger partial charge in [-0.3, -0.25) is 4.99 Å². The van der Waals surface area contributed by atoms with Gasteiger partial charge in [0.25, 0.3) is 0 Å². The Balaban J connectivity index is 1.88. The van der Waals surface area contributed by atoms with Gasteiger partial charge in [0.05, 0.1) is 17.1 Å². The van der Waals surface area contributed by atoms with Gasteiger partial charge in [-0.05, 0) is 47.7 Å². The van der Waals surface area contributed by atoms with E-state index < -0.39 is 0 Å². The highest BCUT2D eigenvalue weighted by molar-refractivity contribution is 6.08. The van der Waals surface area contributed by atoms with E-state index in [1.807, 2.05) is 6.07 Å². The lowest BCUT2D eigenvalue weighted by atomic mass is 9.98. The first-order valence-electron chi connectivity index (χ1n) is 9.07. The number of hydrogen-bond donors (Lipinski definition) is 0. The predicted octanol–water partition coefficient (Wildman–Crippen LogP) is 5.72. The van der Waals surface area contributed by atoms with E-state index in [1.54, 1.807) is 0 Å². The smallest absolute Gasteiger partial charge is 0.0895 e. The van der Waals surface area contributed by atoms with Gasteiger partial charge in [0, 0.05) is 12.1 Å². The number of benzene rings is 2. The lowest BCUT2D eigenvalue weighted by Gasteiger charge is -2.14. The van der Waals surface area contributed by atoms with E-state index in [1.165, 1.54) is 22.3 Å². The zero-order valence-corrected chi connectivity index (χ0v) is 15.2. The van der Waals surface area contributed by atoms with Gasteiger partial charge in [-0.25, -0.2) is 4.98 Å². The van der Waals surface area contributed by atoms with Crippen molar-refractivity contribution >= 4 is 5.71 Å². The third-order valence-electron chi connectivity index (χ3n) is 4.75. The molecular weight excluding hydrogens is 316 g/mol. The largest absolute Gasteiger partial charge is 0.283 e. The number of aryl methyl sites for hydroxylation is 1. The molecule has 2 heteroatoms. The normalized spacial score (nSPS) is 16.4. The Hall–Kier alpha value is -3.00. The SMILES string of the molecule is Cc1ccccc1-c1cc(-c2ccccc2)cc(C2=NCC(C)C=C2)n1. The van der Waals surface area contributed by atoms with E-state index in [9.17, 15) is 0 Å². The van der Waals surface area contributed by atoms with Crippen LogP contribution in [0.5, 0.6) is 0 Å². The highest BCUT2D eigenvalue weighted by Crippen LogP contribution is 2.28. The fourth-order valence-electron chi connectivity index (χ4n) is 3.24. The minimum atomic E-state index is 0.492.